The molecule has 174 valence electrons. The minimum Gasteiger partial charge on any atom is -0.496 e. The largest absolute Gasteiger partial charge is 0.496 e. The summed E-state index contributed by atoms with van der Waals surface area (Å²) < 4.78 is 11.2. The maximum absolute atomic E-state index is 13.3. The van der Waals surface area contributed by atoms with Gasteiger partial charge in [-0.1, -0.05) is 18.2 Å². The quantitative estimate of drug-likeness (QED) is 0.390. The van der Waals surface area contributed by atoms with Gasteiger partial charge in [-0.05, 0) is 68.3 Å². The van der Waals surface area contributed by atoms with E-state index >= 15 is 0 Å². The minimum atomic E-state index is -0.0588. The number of nitrogens with zero attached hydrogens (tertiary/aromatic N) is 3. The van der Waals surface area contributed by atoms with E-state index in [2.05, 4.69) is 17.0 Å². The van der Waals surface area contributed by atoms with Gasteiger partial charge in [-0.2, -0.15) is 0 Å². The molecule has 2 heterocycles. The molecule has 0 N–H and O–H groups in total. The van der Waals surface area contributed by atoms with Crippen molar-refractivity contribution in [3.05, 3.63) is 59.0 Å². The second-order valence-electron chi connectivity index (χ2n) is 7.97. The number of thioether (sulfide) groups is 1. The number of piperidine rings is 1. The Kier molecular flexibility index (Phi) is 8.07. The van der Waals surface area contributed by atoms with Gasteiger partial charge in [-0.25, -0.2) is 4.99 Å². The number of anilines is 1. The van der Waals surface area contributed by atoms with E-state index in [1.165, 1.54) is 36.7 Å². The molecule has 0 atom stereocenters. The molecule has 2 fully saturated rings. The van der Waals surface area contributed by atoms with Gasteiger partial charge in [0.2, 0.25) is 0 Å². The van der Waals surface area contributed by atoms with Gasteiger partial charge in [-0.15, -0.1) is 0 Å². The lowest BCUT2D eigenvalue weighted by Gasteiger charge is -2.29. The van der Waals surface area contributed by atoms with Gasteiger partial charge >= 0.3 is 0 Å². The van der Waals surface area contributed by atoms with Gasteiger partial charge in [0, 0.05) is 37.0 Å². The number of hydrogen-bond acceptors (Lipinski definition) is 6. The zero-order valence-electron chi connectivity index (χ0n) is 19.3. The van der Waals surface area contributed by atoms with Crippen molar-refractivity contribution in [1.29, 1.82) is 0 Å². The summed E-state index contributed by atoms with van der Waals surface area (Å²) in [6, 6.07) is 15.9. The number of carbonyl (C=O) groups is 1. The number of ether oxygens (including phenoxy) is 2. The van der Waals surface area contributed by atoms with Crippen LogP contribution in [0.25, 0.3) is 6.08 Å². The summed E-state index contributed by atoms with van der Waals surface area (Å²) in [5, 5.41) is 0.668. The number of para-hydroxylation sites is 1. The number of carbonyl (C=O) groups excluding carboxylic acids is 1. The summed E-state index contributed by atoms with van der Waals surface area (Å²) in [5.41, 5.74) is 2.88. The SMILES string of the molecule is CCOCCN1C(=O)/C(=C/c2ccc(N3CCCCC3)cc2OC)SC1=Nc1ccccc1. The van der Waals surface area contributed by atoms with Crippen LogP contribution in [-0.4, -0.2) is 55.9 Å². The molecular weight excluding hydrogens is 434 g/mol. The summed E-state index contributed by atoms with van der Waals surface area (Å²) in [7, 11) is 1.68. The summed E-state index contributed by atoms with van der Waals surface area (Å²) in [4.78, 5) is 22.7. The van der Waals surface area contributed by atoms with Crippen molar-refractivity contribution in [2.45, 2.75) is 26.2 Å². The smallest absolute Gasteiger partial charge is 0.266 e. The van der Waals surface area contributed by atoms with Crippen LogP contribution in [0.15, 0.2) is 58.4 Å². The third-order valence-corrected chi connectivity index (χ3v) is 6.76. The van der Waals surface area contributed by atoms with Crippen LogP contribution < -0.4 is 9.64 Å². The molecule has 0 saturated carbocycles. The van der Waals surface area contributed by atoms with Crippen LogP contribution in [0, 0.1) is 0 Å². The van der Waals surface area contributed by atoms with Crippen LogP contribution in [0.4, 0.5) is 11.4 Å². The highest BCUT2D eigenvalue weighted by Crippen LogP contribution is 2.36. The summed E-state index contributed by atoms with van der Waals surface area (Å²) in [6.07, 6.45) is 5.65. The van der Waals surface area contributed by atoms with E-state index in [1.807, 2.05) is 49.4 Å². The zero-order chi connectivity index (χ0) is 23.0. The highest BCUT2D eigenvalue weighted by molar-refractivity contribution is 8.18. The van der Waals surface area contributed by atoms with Crippen LogP contribution in [0.3, 0.4) is 0 Å². The minimum absolute atomic E-state index is 0.0588. The standard InChI is InChI=1S/C26H31N3O3S/c1-3-32-17-16-29-25(30)24(33-26(29)27-21-10-6-4-7-11-21)18-20-12-13-22(19-23(20)31-2)28-14-8-5-9-15-28/h4,6-7,10-13,18-19H,3,5,8-9,14-17H2,1-2H3/b24-18-,27-26?. The Morgan fingerprint density at radius 2 is 1.88 bits per heavy atom. The number of amidine groups is 1. The molecule has 6 nitrogen and oxygen atoms in total. The van der Waals surface area contributed by atoms with Crippen molar-refractivity contribution in [3.63, 3.8) is 0 Å². The van der Waals surface area contributed by atoms with Crippen molar-refractivity contribution in [2.75, 3.05) is 44.9 Å². The number of methoxy groups -OCH3 is 1. The van der Waals surface area contributed by atoms with Gasteiger partial charge in [0.1, 0.15) is 5.75 Å². The molecule has 2 saturated heterocycles. The van der Waals surface area contributed by atoms with E-state index in [4.69, 9.17) is 14.5 Å². The highest BCUT2D eigenvalue weighted by atomic mass is 32.2. The van der Waals surface area contributed by atoms with E-state index in [1.54, 1.807) is 12.0 Å². The topological polar surface area (TPSA) is 54.4 Å². The average Bonchev–Trinajstić information content (AvgIpc) is 3.14. The first-order valence-electron chi connectivity index (χ1n) is 11.6. The van der Waals surface area contributed by atoms with Crippen molar-refractivity contribution < 1.29 is 14.3 Å². The first-order chi connectivity index (χ1) is 16.2. The first kappa shape index (κ1) is 23.4. The van der Waals surface area contributed by atoms with Gasteiger partial charge in [0.15, 0.2) is 5.17 Å². The zero-order valence-corrected chi connectivity index (χ0v) is 20.1. The Balaban J connectivity index is 1.61. The Bertz CT molecular complexity index is 1020. The molecule has 0 unspecified atom stereocenters. The van der Waals surface area contributed by atoms with Crippen LogP contribution in [-0.2, 0) is 9.53 Å². The maximum atomic E-state index is 13.3. The van der Waals surface area contributed by atoms with Crippen LogP contribution >= 0.6 is 11.8 Å². The predicted molar refractivity (Wildman–Crippen MR) is 136 cm³/mol. The lowest BCUT2D eigenvalue weighted by Crippen LogP contribution is -2.32. The number of hydrogen-bond donors (Lipinski definition) is 0. The summed E-state index contributed by atoms with van der Waals surface area (Å²) in [6.45, 7) is 5.65. The summed E-state index contributed by atoms with van der Waals surface area (Å²) in [5.74, 6) is 0.713. The fraction of sp³-hybridized carbons (Fsp3) is 0.385. The normalized spacial score (nSPS) is 19.0. The van der Waals surface area contributed by atoms with Gasteiger partial charge in [0.05, 0.1) is 30.9 Å². The number of aliphatic imine (C=N–C) groups is 1. The molecule has 2 aromatic carbocycles. The van der Waals surface area contributed by atoms with E-state index < -0.39 is 0 Å². The molecule has 33 heavy (non-hydrogen) atoms. The first-order valence-corrected chi connectivity index (χ1v) is 12.4. The van der Waals surface area contributed by atoms with Gasteiger partial charge < -0.3 is 14.4 Å². The molecule has 0 radical (unpaired) electrons. The van der Waals surface area contributed by atoms with Crippen LogP contribution in [0.2, 0.25) is 0 Å². The number of rotatable bonds is 8. The Labute approximate surface area is 200 Å². The molecule has 2 aromatic rings. The molecule has 2 aliphatic rings. The predicted octanol–water partition coefficient (Wildman–Crippen LogP) is 5.33. The molecule has 2 aliphatic heterocycles. The molecule has 7 heteroatoms. The second kappa shape index (κ2) is 11.4. The van der Waals surface area contributed by atoms with E-state index in [0.717, 1.165) is 30.1 Å². The van der Waals surface area contributed by atoms with Crippen molar-refractivity contribution in [1.82, 2.24) is 4.90 Å². The Morgan fingerprint density at radius 3 is 2.61 bits per heavy atom. The third-order valence-electron chi connectivity index (χ3n) is 5.76. The molecule has 0 aromatic heterocycles. The lowest BCUT2D eigenvalue weighted by atomic mass is 10.1. The fourth-order valence-electron chi connectivity index (χ4n) is 4.01. The second-order valence-corrected chi connectivity index (χ2v) is 8.98. The van der Waals surface area contributed by atoms with Crippen molar-refractivity contribution in [3.8, 4) is 5.75 Å². The van der Waals surface area contributed by atoms with Crippen molar-refractivity contribution in [2.24, 2.45) is 4.99 Å². The van der Waals surface area contributed by atoms with E-state index in [0.29, 0.717) is 29.8 Å². The Morgan fingerprint density at radius 1 is 1.09 bits per heavy atom. The van der Waals surface area contributed by atoms with Crippen molar-refractivity contribution >= 4 is 40.3 Å². The Hall–Kier alpha value is -2.77. The molecule has 0 bridgehead atoms. The monoisotopic (exact) mass is 465 g/mol. The number of benzene rings is 2. The van der Waals surface area contributed by atoms with E-state index in [-0.39, 0.29) is 5.91 Å². The van der Waals surface area contributed by atoms with Crippen LogP contribution in [0.5, 0.6) is 5.75 Å². The molecule has 1 amide bonds. The molecular formula is C26H31N3O3S. The molecule has 0 aliphatic carbocycles. The van der Waals surface area contributed by atoms with Gasteiger partial charge in [-0.3, -0.25) is 9.69 Å². The lowest BCUT2D eigenvalue weighted by molar-refractivity contribution is -0.122. The third kappa shape index (κ3) is 5.78. The maximum Gasteiger partial charge on any atom is 0.266 e. The highest BCUT2D eigenvalue weighted by Gasteiger charge is 2.33. The fourth-order valence-corrected chi connectivity index (χ4v) is 5.03. The average molecular weight is 466 g/mol. The van der Waals surface area contributed by atoms with E-state index in [9.17, 15) is 4.79 Å². The molecule has 0 spiro atoms. The molecule has 4 rings (SSSR count). The van der Waals surface area contributed by atoms with Gasteiger partial charge in [0.25, 0.3) is 5.91 Å². The van der Waals surface area contributed by atoms with Crippen LogP contribution in [0.1, 0.15) is 31.7 Å². The summed E-state index contributed by atoms with van der Waals surface area (Å²) >= 11 is 1.39. The number of amides is 1.